The zero-order valence-corrected chi connectivity index (χ0v) is 11.2. The molecule has 0 bridgehead atoms. The van der Waals surface area contributed by atoms with E-state index in [9.17, 15) is 0 Å². The lowest BCUT2D eigenvalue weighted by Gasteiger charge is -2.37. The summed E-state index contributed by atoms with van der Waals surface area (Å²) in [6.45, 7) is 4.46. The van der Waals surface area contributed by atoms with Crippen molar-refractivity contribution in [2.45, 2.75) is 44.3 Å². The Morgan fingerprint density at radius 3 is 3.16 bits per heavy atom. The van der Waals surface area contributed by atoms with Gasteiger partial charge in [-0.05, 0) is 48.3 Å². The van der Waals surface area contributed by atoms with Crippen LogP contribution in [0.3, 0.4) is 0 Å². The van der Waals surface area contributed by atoms with Gasteiger partial charge in [0.15, 0.2) is 0 Å². The first-order valence-corrected chi connectivity index (χ1v) is 7.44. The van der Waals surface area contributed by atoms with Gasteiger partial charge in [-0.1, -0.05) is 30.3 Å². The first-order valence-electron chi connectivity index (χ1n) is 7.44. The van der Waals surface area contributed by atoms with Crippen molar-refractivity contribution in [1.29, 1.82) is 0 Å². The van der Waals surface area contributed by atoms with Crippen LogP contribution in [0, 0.1) is 12.5 Å². The summed E-state index contributed by atoms with van der Waals surface area (Å²) in [5, 5.41) is 7.19. The number of allylic oxidation sites excluding steroid dienone is 1. The van der Waals surface area contributed by atoms with Crippen LogP contribution in [0.4, 0.5) is 0 Å². The normalized spacial score (nSPS) is 33.5. The lowest BCUT2D eigenvalue weighted by Crippen LogP contribution is -2.44. The fourth-order valence-corrected chi connectivity index (χ4v) is 3.79. The Morgan fingerprint density at radius 1 is 1.21 bits per heavy atom. The Balaban J connectivity index is 1.55. The Hall–Kier alpha value is -1.12. The van der Waals surface area contributed by atoms with Crippen molar-refractivity contribution in [3.63, 3.8) is 0 Å². The number of hydrogen-bond donors (Lipinski definition) is 2. The molecule has 3 atom stereocenters. The molecule has 4 rings (SSSR count). The van der Waals surface area contributed by atoms with Crippen molar-refractivity contribution in [2.24, 2.45) is 5.92 Å². The van der Waals surface area contributed by atoms with Crippen LogP contribution in [0.15, 0.2) is 35.9 Å². The van der Waals surface area contributed by atoms with Crippen LogP contribution in [0.1, 0.15) is 42.9 Å². The van der Waals surface area contributed by atoms with Crippen LogP contribution in [0.2, 0.25) is 0 Å². The third-order valence-corrected chi connectivity index (χ3v) is 4.81. The van der Waals surface area contributed by atoms with Gasteiger partial charge in [0.25, 0.3) is 0 Å². The highest BCUT2D eigenvalue weighted by atomic mass is 15.0. The summed E-state index contributed by atoms with van der Waals surface area (Å²) >= 11 is 0. The van der Waals surface area contributed by atoms with Gasteiger partial charge in [0.2, 0.25) is 0 Å². The molecule has 0 saturated carbocycles. The minimum absolute atomic E-state index is 0.451. The molecule has 2 aliphatic heterocycles. The first-order chi connectivity index (χ1) is 9.42. The average Bonchev–Trinajstić information content (AvgIpc) is 2.91. The van der Waals surface area contributed by atoms with E-state index >= 15 is 0 Å². The van der Waals surface area contributed by atoms with E-state index in [0.717, 1.165) is 12.5 Å². The van der Waals surface area contributed by atoms with Crippen molar-refractivity contribution >= 4 is 0 Å². The number of nitrogens with one attached hydrogen (secondary N) is 2. The predicted molar refractivity (Wildman–Crippen MR) is 76.2 cm³/mol. The Bertz CT molecular complexity index is 506. The molecule has 1 aromatic rings. The highest BCUT2D eigenvalue weighted by molar-refractivity contribution is 5.36. The molecular weight excluding hydrogens is 232 g/mol. The second-order valence-electron chi connectivity index (χ2n) is 5.96. The van der Waals surface area contributed by atoms with E-state index in [4.69, 9.17) is 0 Å². The number of rotatable bonds is 1. The number of benzene rings is 1. The maximum Gasteiger partial charge on any atom is 0.0892 e. The maximum atomic E-state index is 3.67. The van der Waals surface area contributed by atoms with Crippen molar-refractivity contribution in [1.82, 2.24) is 10.6 Å². The SMILES string of the molecule is [C]1NC(C2NCc3ccccc32)CC2CCCC=C12. The minimum atomic E-state index is 0.451. The lowest BCUT2D eigenvalue weighted by molar-refractivity contribution is 0.309. The number of piperidine rings is 1. The quantitative estimate of drug-likeness (QED) is 0.803. The van der Waals surface area contributed by atoms with Crippen LogP contribution < -0.4 is 10.6 Å². The number of hydrogen-bond acceptors (Lipinski definition) is 2. The molecule has 1 saturated heterocycles. The molecule has 2 heteroatoms. The summed E-state index contributed by atoms with van der Waals surface area (Å²) in [6.07, 6.45) is 7.52. The Labute approximate surface area is 115 Å². The standard InChI is InChI=1S/C17H20N2/c1-2-6-13-10-18-16(9-12(13)5-1)17-15-8-4-3-7-14(15)11-19-17/h3-4,6-8,12,16-19H,1-2,5,9,11H2. The van der Waals surface area contributed by atoms with Gasteiger partial charge in [-0.15, -0.1) is 0 Å². The second kappa shape index (κ2) is 4.77. The molecule has 2 heterocycles. The second-order valence-corrected chi connectivity index (χ2v) is 5.96. The molecule has 0 amide bonds. The molecule has 2 N–H and O–H groups in total. The first kappa shape index (κ1) is 11.7. The van der Waals surface area contributed by atoms with Crippen LogP contribution in [-0.2, 0) is 6.54 Å². The van der Waals surface area contributed by atoms with Gasteiger partial charge >= 0.3 is 0 Å². The molecule has 1 aromatic carbocycles. The predicted octanol–water partition coefficient (Wildman–Crippen LogP) is 2.96. The van der Waals surface area contributed by atoms with Gasteiger partial charge in [-0.3, -0.25) is 5.32 Å². The van der Waals surface area contributed by atoms with E-state index < -0.39 is 0 Å². The largest absolute Gasteiger partial charge is 0.304 e. The molecule has 3 unspecified atom stereocenters. The maximum absolute atomic E-state index is 3.67. The summed E-state index contributed by atoms with van der Waals surface area (Å²) in [5.41, 5.74) is 4.36. The van der Waals surface area contributed by atoms with Gasteiger partial charge < -0.3 is 5.32 Å². The van der Waals surface area contributed by atoms with E-state index in [1.807, 2.05) is 0 Å². The van der Waals surface area contributed by atoms with E-state index in [1.54, 1.807) is 0 Å². The summed E-state index contributed by atoms with van der Waals surface area (Å²) in [4.78, 5) is 0. The summed E-state index contributed by atoms with van der Waals surface area (Å²) < 4.78 is 0. The molecule has 3 aliphatic rings. The van der Waals surface area contributed by atoms with E-state index in [-0.39, 0.29) is 0 Å². The molecule has 2 radical (unpaired) electrons. The molecule has 1 fully saturated rings. The molecule has 19 heavy (non-hydrogen) atoms. The molecular formula is C17H20N2. The third kappa shape index (κ3) is 2.03. The molecule has 98 valence electrons. The zero-order valence-electron chi connectivity index (χ0n) is 11.2. The molecule has 1 aliphatic carbocycles. The fraction of sp³-hybridized carbons (Fsp3) is 0.471. The average molecular weight is 252 g/mol. The minimum Gasteiger partial charge on any atom is -0.304 e. The highest BCUT2D eigenvalue weighted by Crippen LogP contribution is 2.38. The van der Waals surface area contributed by atoms with Crippen LogP contribution in [-0.4, -0.2) is 6.04 Å². The topological polar surface area (TPSA) is 24.1 Å². The van der Waals surface area contributed by atoms with E-state index in [2.05, 4.69) is 47.5 Å². The summed E-state index contributed by atoms with van der Waals surface area (Å²) in [5.74, 6) is 0.731. The van der Waals surface area contributed by atoms with Crippen molar-refractivity contribution in [3.05, 3.63) is 53.6 Å². The third-order valence-electron chi connectivity index (χ3n) is 4.81. The molecule has 0 aromatic heterocycles. The Morgan fingerprint density at radius 2 is 2.16 bits per heavy atom. The van der Waals surface area contributed by atoms with Crippen LogP contribution >= 0.6 is 0 Å². The van der Waals surface area contributed by atoms with Crippen molar-refractivity contribution in [2.75, 3.05) is 0 Å². The van der Waals surface area contributed by atoms with Gasteiger partial charge in [-0.2, -0.15) is 0 Å². The summed E-state index contributed by atoms with van der Waals surface area (Å²) in [6, 6.07) is 9.74. The van der Waals surface area contributed by atoms with Crippen LogP contribution in [0.5, 0.6) is 0 Å². The summed E-state index contributed by atoms with van der Waals surface area (Å²) in [7, 11) is 0. The number of fused-ring (bicyclic) bond motifs is 2. The van der Waals surface area contributed by atoms with Gasteiger partial charge in [-0.25, -0.2) is 0 Å². The van der Waals surface area contributed by atoms with Crippen molar-refractivity contribution < 1.29 is 0 Å². The zero-order chi connectivity index (χ0) is 12.7. The van der Waals surface area contributed by atoms with Gasteiger partial charge in [0.05, 0.1) is 6.54 Å². The lowest BCUT2D eigenvalue weighted by atomic mass is 9.78. The van der Waals surface area contributed by atoms with Gasteiger partial charge in [0.1, 0.15) is 0 Å². The smallest absolute Gasteiger partial charge is 0.0892 e. The fourth-order valence-electron chi connectivity index (χ4n) is 3.79. The van der Waals surface area contributed by atoms with E-state index in [1.165, 1.54) is 42.4 Å². The van der Waals surface area contributed by atoms with Crippen LogP contribution in [0.25, 0.3) is 0 Å². The monoisotopic (exact) mass is 252 g/mol. The van der Waals surface area contributed by atoms with E-state index in [0.29, 0.717) is 12.1 Å². The Kier molecular flexibility index (Phi) is 2.93. The molecule has 0 spiro atoms. The highest BCUT2D eigenvalue weighted by Gasteiger charge is 2.35. The van der Waals surface area contributed by atoms with Crippen molar-refractivity contribution in [3.8, 4) is 0 Å². The van der Waals surface area contributed by atoms with Gasteiger partial charge in [0, 0.05) is 18.6 Å². The molecule has 2 nitrogen and oxygen atoms in total.